The Morgan fingerprint density at radius 1 is 1.67 bits per heavy atom. The second kappa shape index (κ2) is 3.34. The minimum absolute atomic E-state index is 0.322. The van der Waals surface area contributed by atoms with Crippen molar-refractivity contribution in [1.29, 1.82) is 0 Å². The van der Waals surface area contributed by atoms with Crippen molar-refractivity contribution in [2.45, 2.75) is 25.9 Å². The minimum Gasteiger partial charge on any atom is -0.478 e. The van der Waals surface area contributed by atoms with Crippen LogP contribution >= 0.6 is 11.3 Å². The molecule has 1 aliphatic rings. The zero-order valence-corrected chi connectivity index (χ0v) is 9.30. The molecule has 1 aliphatic heterocycles. The van der Waals surface area contributed by atoms with Gasteiger partial charge in [0, 0.05) is 11.3 Å². The van der Waals surface area contributed by atoms with Crippen molar-refractivity contribution in [2.24, 2.45) is 5.16 Å². The summed E-state index contributed by atoms with van der Waals surface area (Å²) in [4.78, 5) is 18.0. The van der Waals surface area contributed by atoms with Gasteiger partial charge in [0.25, 0.3) is 0 Å². The molecule has 1 N–H and O–H groups in total. The van der Waals surface area contributed by atoms with Crippen molar-refractivity contribution in [3.63, 3.8) is 0 Å². The third-order valence-corrected chi connectivity index (χ3v) is 3.39. The van der Waals surface area contributed by atoms with Crippen molar-refractivity contribution in [3.05, 3.63) is 21.9 Å². The van der Waals surface area contributed by atoms with Crippen LogP contribution in [0.25, 0.3) is 0 Å². The lowest BCUT2D eigenvalue weighted by atomic mass is 10.00. The van der Waals surface area contributed by atoms with E-state index in [9.17, 15) is 4.79 Å². The number of hydrogen-bond donors (Lipinski definition) is 1. The lowest BCUT2D eigenvalue weighted by Crippen LogP contribution is -2.35. The highest BCUT2D eigenvalue weighted by Gasteiger charge is 2.42. The van der Waals surface area contributed by atoms with Gasteiger partial charge in [-0.25, -0.2) is 4.79 Å². The Morgan fingerprint density at radius 3 is 2.87 bits per heavy atom. The molecule has 2 rings (SSSR count). The molecule has 1 aromatic heterocycles. The fourth-order valence-corrected chi connectivity index (χ4v) is 2.22. The molecule has 1 atom stereocenters. The molecule has 1 aromatic rings. The van der Waals surface area contributed by atoms with Crippen LogP contribution in [0.4, 0.5) is 0 Å². The Kier molecular flexibility index (Phi) is 2.26. The van der Waals surface area contributed by atoms with Crippen molar-refractivity contribution < 1.29 is 14.7 Å². The van der Waals surface area contributed by atoms with E-state index in [0.717, 1.165) is 10.6 Å². The van der Waals surface area contributed by atoms with Crippen LogP contribution in [0.2, 0.25) is 0 Å². The Hall–Kier alpha value is -1.36. The van der Waals surface area contributed by atoms with Gasteiger partial charge in [-0.05, 0) is 26.0 Å². The van der Waals surface area contributed by atoms with E-state index < -0.39 is 11.6 Å². The van der Waals surface area contributed by atoms with E-state index in [2.05, 4.69) is 5.16 Å². The maximum absolute atomic E-state index is 10.9. The van der Waals surface area contributed by atoms with Crippen molar-refractivity contribution >= 4 is 23.0 Å². The predicted molar refractivity (Wildman–Crippen MR) is 57.3 cm³/mol. The van der Waals surface area contributed by atoms with E-state index in [0.29, 0.717) is 6.42 Å². The first-order chi connectivity index (χ1) is 7.01. The zero-order valence-electron chi connectivity index (χ0n) is 8.48. The van der Waals surface area contributed by atoms with Gasteiger partial charge in [-0.3, -0.25) is 0 Å². The molecule has 1 unspecified atom stereocenters. The molecule has 0 fully saturated rings. The molecule has 0 radical (unpaired) electrons. The standard InChI is InChI=1S/C10H11NO3S/c1-6-3-4-8(15-6)7-5-10(2,9(12)13)14-11-7/h3-4H,5H2,1-2H3,(H,12,13). The number of carboxylic acid groups (broad SMARTS) is 1. The van der Waals surface area contributed by atoms with Gasteiger partial charge in [0.1, 0.15) is 5.71 Å². The number of aliphatic carboxylic acids is 1. The number of carbonyl (C=O) groups is 1. The Labute approximate surface area is 91.2 Å². The highest BCUT2D eigenvalue weighted by Crippen LogP contribution is 2.29. The maximum atomic E-state index is 10.9. The molecule has 0 aliphatic carbocycles. The summed E-state index contributed by atoms with van der Waals surface area (Å²) in [7, 11) is 0. The molecule has 2 heterocycles. The normalized spacial score (nSPS) is 24.8. The summed E-state index contributed by atoms with van der Waals surface area (Å²) in [6, 6.07) is 3.93. The zero-order chi connectivity index (χ0) is 11.1. The number of nitrogens with zero attached hydrogens (tertiary/aromatic N) is 1. The number of carboxylic acids is 1. The molecule has 0 saturated carbocycles. The fourth-order valence-electron chi connectivity index (χ4n) is 1.38. The van der Waals surface area contributed by atoms with Crippen LogP contribution in [0.5, 0.6) is 0 Å². The minimum atomic E-state index is -1.20. The summed E-state index contributed by atoms with van der Waals surface area (Å²) in [5, 5.41) is 12.8. The monoisotopic (exact) mass is 225 g/mol. The highest BCUT2D eigenvalue weighted by molar-refractivity contribution is 7.14. The summed E-state index contributed by atoms with van der Waals surface area (Å²) in [6.07, 6.45) is 0.322. The van der Waals surface area contributed by atoms with Crippen LogP contribution in [0.15, 0.2) is 17.3 Å². The van der Waals surface area contributed by atoms with E-state index >= 15 is 0 Å². The average molecular weight is 225 g/mol. The summed E-state index contributed by atoms with van der Waals surface area (Å²) >= 11 is 1.59. The van der Waals surface area contributed by atoms with E-state index in [1.807, 2.05) is 19.1 Å². The van der Waals surface area contributed by atoms with E-state index in [4.69, 9.17) is 9.94 Å². The summed E-state index contributed by atoms with van der Waals surface area (Å²) in [6.45, 7) is 3.53. The third-order valence-electron chi connectivity index (χ3n) is 2.34. The lowest BCUT2D eigenvalue weighted by molar-refractivity contribution is -0.160. The molecule has 0 bridgehead atoms. The summed E-state index contributed by atoms with van der Waals surface area (Å²) in [5.74, 6) is -0.977. The molecule has 15 heavy (non-hydrogen) atoms. The van der Waals surface area contributed by atoms with Crippen LogP contribution in [0.1, 0.15) is 23.1 Å². The van der Waals surface area contributed by atoms with Gasteiger partial charge in [0.15, 0.2) is 0 Å². The number of hydrogen-bond acceptors (Lipinski definition) is 4. The number of aryl methyl sites for hydroxylation is 1. The Bertz CT molecular complexity index is 438. The molecule has 4 nitrogen and oxygen atoms in total. The second-order valence-corrected chi connectivity index (χ2v) is 5.04. The highest BCUT2D eigenvalue weighted by atomic mass is 32.1. The molecule has 0 aromatic carbocycles. The summed E-state index contributed by atoms with van der Waals surface area (Å²) < 4.78 is 0. The molecule has 5 heteroatoms. The van der Waals surface area contributed by atoms with Gasteiger partial charge in [0.05, 0.1) is 4.88 Å². The SMILES string of the molecule is Cc1ccc(C2=NOC(C)(C(=O)O)C2)s1. The van der Waals surface area contributed by atoms with Crippen LogP contribution in [-0.4, -0.2) is 22.4 Å². The lowest BCUT2D eigenvalue weighted by Gasteiger charge is -2.14. The largest absolute Gasteiger partial charge is 0.478 e. The first-order valence-corrected chi connectivity index (χ1v) is 5.38. The Balaban J connectivity index is 2.20. The van der Waals surface area contributed by atoms with Gasteiger partial charge >= 0.3 is 5.97 Å². The van der Waals surface area contributed by atoms with Crippen molar-refractivity contribution in [3.8, 4) is 0 Å². The molecule has 80 valence electrons. The maximum Gasteiger partial charge on any atom is 0.351 e. The first-order valence-electron chi connectivity index (χ1n) is 4.56. The smallest absolute Gasteiger partial charge is 0.351 e. The van der Waals surface area contributed by atoms with Gasteiger partial charge in [-0.1, -0.05) is 5.16 Å². The van der Waals surface area contributed by atoms with Gasteiger partial charge in [0.2, 0.25) is 5.60 Å². The van der Waals surface area contributed by atoms with Crippen LogP contribution in [0, 0.1) is 6.92 Å². The summed E-state index contributed by atoms with van der Waals surface area (Å²) in [5.41, 5.74) is -0.481. The molecular formula is C10H11NO3S. The first kappa shape index (κ1) is 10.2. The van der Waals surface area contributed by atoms with Gasteiger partial charge < -0.3 is 9.94 Å². The molecular weight excluding hydrogens is 214 g/mol. The van der Waals surface area contributed by atoms with Gasteiger partial charge in [-0.15, -0.1) is 11.3 Å². The molecule has 0 saturated heterocycles. The number of oxime groups is 1. The van der Waals surface area contributed by atoms with E-state index in [1.54, 1.807) is 11.3 Å². The third kappa shape index (κ3) is 1.74. The topological polar surface area (TPSA) is 58.9 Å². The molecule has 0 spiro atoms. The van der Waals surface area contributed by atoms with E-state index in [-0.39, 0.29) is 0 Å². The van der Waals surface area contributed by atoms with Crippen LogP contribution < -0.4 is 0 Å². The van der Waals surface area contributed by atoms with Gasteiger partial charge in [-0.2, -0.15) is 0 Å². The molecule has 0 amide bonds. The Morgan fingerprint density at radius 2 is 2.40 bits per heavy atom. The van der Waals surface area contributed by atoms with Crippen LogP contribution in [0.3, 0.4) is 0 Å². The fraction of sp³-hybridized carbons (Fsp3) is 0.400. The number of thiophene rings is 1. The van der Waals surface area contributed by atoms with Crippen LogP contribution in [-0.2, 0) is 9.63 Å². The second-order valence-electron chi connectivity index (χ2n) is 3.75. The average Bonchev–Trinajstić information content (AvgIpc) is 2.73. The predicted octanol–water partition coefficient (Wildman–Crippen LogP) is 2.02. The van der Waals surface area contributed by atoms with Crippen molar-refractivity contribution in [2.75, 3.05) is 0 Å². The van der Waals surface area contributed by atoms with E-state index in [1.165, 1.54) is 11.8 Å². The van der Waals surface area contributed by atoms with Crippen molar-refractivity contribution in [1.82, 2.24) is 0 Å². The quantitative estimate of drug-likeness (QED) is 0.837. The number of rotatable bonds is 2.